The summed E-state index contributed by atoms with van der Waals surface area (Å²) in [6.07, 6.45) is 2.61. The fraction of sp³-hybridized carbons (Fsp3) is 0.500. The smallest absolute Gasteiger partial charge is 0.226 e. The summed E-state index contributed by atoms with van der Waals surface area (Å²) in [7, 11) is 0. The summed E-state index contributed by atoms with van der Waals surface area (Å²) in [6, 6.07) is 4.97. The molecule has 1 N–H and O–H groups in total. The maximum absolute atomic E-state index is 11.7. The Morgan fingerprint density at radius 3 is 2.95 bits per heavy atom. The van der Waals surface area contributed by atoms with Gasteiger partial charge in [0.1, 0.15) is 0 Å². The zero-order valence-corrected chi connectivity index (χ0v) is 12.5. The Labute approximate surface area is 128 Å². The van der Waals surface area contributed by atoms with Crippen molar-refractivity contribution >= 4 is 34.8 Å². The van der Waals surface area contributed by atoms with Crippen molar-refractivity contribution in [2.45, 2.75) is 25.4 Å². The molecule has 1 amide bonds. The van der Waals surface area contributed by atoms with E-state index in [0.717, 1.165) is 19.4 Å². The first-order chi connectivity index (χ1) is 9.65. The van der Waals surface area contributed by atoms with Crippen LogP contribution in [0.5, 0.6) is 0 Å². The molecule has 1 aliphatic rings. The minimum absolute atomic E-state index is 0.115. The molecule has 1 saturated heterocycles. The Balaban J connectivity index is 1.65. The molecular weight excluding hydrogens is 301 g/mol. The van der Waals surface area contributed by atoms with E-state index in [2.05, 4.69) is 5.32 Å². The number of ether oxygens (including phenoxy) is 2. The highest BCUT2D eigenvalue weighted by Crippen LogP contribution is 2.25. The number of hydrogen-bond acceptors (Lipinski definition) is 3. The zero-order valence-electron chi connectivity index (χ0n) is 11.0. The fourth-order valence-corrected chi connectivity index (χ4v) is 2.25. The van der Waals surface area contributed by atoms with Gasteiger partial charge in [0, 0.05) is 12.3 Å². The van der Waals surface area contributed by atoms with Gasteiger partial charge in [0.2, 0.25) is 5.91 Å². The topological polar surface area (TPSA) is 47.6 Å². The average Bonchev–Trinajstić information content (AvgIpc) is 2.92. The van der Waals surface area contributed by atoms with E-state index in [0.29, 0.717) is 35.4 Å². The molecule has 1 atom stereocenters. The molecule has 0 radical (unpaired) electrons. The van der Waals surface area contributed by atoms with Crippen LogP contribution in [0.1, 0.15) is 19.3 Å². The number of halogens is 2. The fourth-order valence-electron chi connectivity index (χ4n) is 1.95. The first kappa shape index (κ1) is 15.6. The van der Waals surface area contributed by atoms with Gasteiger partial charge in [-0.25, -0.2) is 0 Å². The highest BCUT2D eigenvalue weighted by Gasteiger charge is 2.15. The highest BCUT2D eigenvalue weighted by atomic mass is 35.5. The summed E-state index contributed by atoms with van der Waals surface area (Å²) in [6.45, 7) is 1.75. The third-order valence-corrected chi connectivity index (χ3v) is 3.74. The molecule has 0 bridgehead atoms. The summed E-state index contributed by atoms with van der Waals surface area (Å²) in [4.78, 5) is 11.7. The molecule has 20 heavy (non-hydrogen) atoms. The van der Waals surface area contributed by atoms with Crippen LogP contribution < -0.4 is 5.32 Å². The van der Waals surface area contributed by atoms with E-state index in [9.17, 15) is 4.79 Å². The van der Waals surface area contributed by atoms with Crippen LogP contribution in [0.3, 0.4) is 0 Å². The number of amides is 1. The highest BCUT2D eigenvalue weighted by molar-refractivity contribution is 6.42. The van der Waals surface area contributed by atoms with Crippen LogP contribution in [-0.2, 0) is 14.3 Å². The normalized spacial score (nSPS) is 18.2. The molecule has 4 nitrogen and oxygen atoms in total. The van der Waals surface area contributed by atoms with Crippen molar-refractivity contribution in [2.75, 3.05) is 25.1 Å². The molecule has 1 aromatic rings. The van der Waals surface area contributed by atoms with E-state index in [1.54, 1.807) is 18.2 Å². The molecule has 0 saturated carbocycles. The molecule has 1 aliphatic heterocycles. The van der Waals surface area contributed by atoms with Crippen LogP contribution in [-0.4, -0.2) is 31.8 Å². The maximum atomic E-state index is 11.7. The first-order valence-corrected chi connectivity index (χ1v) is 7.35. The SMILES string of the molecule is O=C(CCOC[C@H]1CCCO1)Nc1ccc(Cl)c(Cl)c1. The average molecular weight is 318 g/mol. The van der Waals surface area contributed by atoms with Crippen molar-refractivity contribution in [3.8, 4) is 0 Å². The predicted octanol–water partition coefficient (Wildman–Crippen LogP) is 3.52. The molecule has 0 unspecified atom stereocenters. The molecule has 6 heteroatoms. The minimum Gasteiger partial charge on any atom is -0.378 e. The van der Waals surface area contributed by atoms with E-state index >= 15 is 0 Å². The van der Waals surface area contributed by atoms with Crippen LogP contribution in [0.4, 0.5) is 5.69 Å². The first-order valence-electron chi connectivity index (χ1n) is 6.59. The number of carbonyl (C=O) groups is 1. The Morgan fingerprint density at radius 2 is 2.25 bits per heavy atom. The summed E-state index contributed by atoms with van der Waals surface area (Å²) in [5.41, 5.74) is 0.628. The Hall–Kier alpha value is -0.810. The van der Waals surface area contributed by atoms with Crippen molar-refractivity contribution in [1.82, 2.24) is 0 Å². The zero-order chi connectivity index (χ0) is 14.4. The molecule has 0 aromatic heterocycles. The Morgan fingerprint density at radius 1 is 1.40 bits per heavy atom. The van der Waals surface area contributed by atoms with Gasteiger partial charge in [0.05, 0.1) is 35.8 Å². The molecule has 1 aromatic carbocycles. The summed E-state index contributed by atoms with van der Waals surface area (Å²) < 4.78 is 10.9. The molecule has 110 valence electrons. The molecule has 2 rings (SSSR count). The molecular formula is C14H17Cl2NO3. The van der Waals surface area contributed by atoms with Crippen molar-refractivity contribution in [3.63, 3.8) is 0 Å². The van der Waals surface area contributed by atoms with Crippen molar-refractivity contribution < 1.29 is 14.3 Å². The second kappa shape index (κ2) is 7.84. The lowest BCUT2D eigenvalue weighted by Gasteiger charge is -2.10. The van der Waals surface area contributed by atoms with E-state index in [1.807, 2.05) is 0 Å². The number of rotatable bonds is 6. The van der Waals surface area contributed by atoms with E-state index in [-0.39, 0.29) is 12.0 Å². The second-order valence-corrected chi connectivity index (χ2v) is 5.45. The van der Waals surface area contributed by atoms with Crippen molar-refractivity contribution in [3.05, 3.63) is 28.2 Å². The van der Waals surface area contributed by atoms with Gasteiger partial charge in [-0.15, -0.1) is 0 Å². The molecule has 0 aliphatic carbocycles. The number of nitrogens with one attached hydrogen (secondary N) is 1. The second-order valence-electron chi connectivity index (χ2n) is 4.64. The van der Waals surface area contributed by atoms with Crippen LogP contribution in [0.15, 0.2) is 18.2 Å². The van der Waals surface area contributed by atoms with Crippen LogP contribution in [0.25, 0.3) is 0 Å². The third-order valence-electron chi connectivity index (χ3n) is 3.00. The van der Waals surface area contributed by atoms with E-state index in [4.69, 9.17) is 32.7 Å². The summed E-state index contributed by atoms with van der Waals surface area (Å²) in [5.74, 6) is -0.115. The van der Waals surface area contributed by atoms with E-state index in [1.165, 1.54) is 0 Å². The quantitative estimate of drug-likeness (QED) is 0.817. The van der Waals surface area contributed by atoms with Gasteiger partial charge >= 0.3 is 0 Å². The standard InChI is InChI=1S/C14H17Cl2NO3/c15-12-4-3-10(8-13(12)16)17-14(18)5-7-19-9-11-2-1-6-20-11/h3-4,8,11H,1-2,5-7,9H2,(H,17,18)/t11-/m1/s1. The lowest BCUT2D eigenvalue weighted by molar-refractivity contribution is -0.117. The number of carbonyl (C=O) groups excluding carboxylic acids is 1. The van der Waals surface area contributed by atoms with Gasteiger partial charge < -0.3 is 14.8 Å². The van der Waals surface area contributed by atoms with Crippen molar-refractivity contribution in [1.29, 1.82) is 0 Å². The van der Waals surface area contributed by atoms with E-state index < -0.39 is 0 Å². The summed E-state index contributed by atoms with van der Waals surface area (Å²) >= 11 is 11.7. The summed E-state index contributed by atoms with van der Waals surface area (Å²) in [5, 5.41) is 3.62. The van der Waals surface area contributed by atoms with Gasteiger partial charge in [-0.05, 0) is 31.0 Å². The molecule has 0 spiro atoms. The van der Waals surface area contributed by atoms with Gasteiger partial charge in [-0.1, -0.05) is 23.2 Å². The van der Waals surface area contributed by atoms with Gasteiger partial charge in [-0.2, -0.15) is 0 Å². The lowest BCUT2D eigenvalue weighted by Crippen LogP contribution is -2.18. The number of benzene rings is 1. The lowest BCUT2D eigenvalue weighted by atomic mass is 10.2. The third kappa shape index (κ3) is 4.94. The number of anilines is 1. The number of hydrogen-bond donors (Lipinski definition) is 1. The van der Waals surface area contributed by atoms with Gasteiger partial charge in [-0.3, -0.25) is 4.79 Å². The predicted molar refractivity (Wildman–Crippen MR) is 79.5 cm³/mol. The van der Waals surface area contributed by atoms with Gasteiger partial charge in [0.15, 0.2) is 0 Å². The van der Waals surface area contributed by atoms with Crippen LogP contribution in [0, 0.1) is 0 Å². The largest absolute Gasteiger partial charge is 0.378 e. The molecule has 1 heterocycles. The Kier molecular flexibility index (Phi) is 6.10. The maximum Gasteiger partial charge on any atom is 0.226 e. The molecule has 1 fully saturated rings. The van der Waals surface area contributed by atoms with Crippen LogP contribution in [0.2, 0.25) is 10.0 Å². The monoisotopic (exact) mass is 317 g/mol. The van der Waals surface area contributed by atoms with Gasteiger partial charge in [0.25, 0.3) is 0 Å². The van der Waals surface area contributed by atoms with Crippen molar-refractivity contribution in [2.24, 2.45) is 0 Å². The minimum atomic E-state index is -0.115. The van der Waals surface area contributed by atoms with Crippen LogP contribution >= 0.6 is 23.2 Å². The Bertz CT molecular complexity index is 462.